The summed E-state index contributed by atoms with van der Waals surface area (Å²) in [5, 5.41) is 10.6. The van der Waals surface area contributed by atoms with Crippen molar-refractivity contribution in [2.24, 2.45) is 0 Å². The minimum Gasteiger partial charge on any atom is -0.493 e. The molecule has 1 aliphatic rings. The molecule has 0 spiro atoms. The minimum atomic E-state index is -0.214. The third-order valence-corrected chi connectivity index (χ3v) is 6.62. The first kappa shape index (κ1) is 20.6. The van der Waals surface area contributed by atoms with Crippen molar-refractivity contribution in [2.75, 3.05) is 12.4 Å². The Morgan fingerprint density at radius 3 is 2.80 bits per heavy atom. The first-order valence-corrected chi connectivity index (χ1v) is 10.8. The number of aromatic nitrogens is 2. The van der Waals surface area contributed by atoms with Crippen LogP contribution in [-0.4, -0.2) is 28.5 Å². The van der Waals surface area contributed by atoms with Crippen molar-refractivity contribution >= 4 is 35.1 Å². The molecule has 2 atom stereocenters. The summed E-state index contributed by atoms with van der Waals surface area (Å²) in [6.45, 7) is 4.24. The summed E-state index contributed by atoms with van der Waals surface area (Å²) in [5.74, 6) is 1.81. The van der Waals surface area contributed by atoms with Gasteiger partial charge in [0.2, 0.25) is 5.91 Å². The summed E-state index contributed by atoms with van der Waals surface area (Å²) in [5.41, 5.74) is 3.90. The highest BCUT2D eigenvalue weighted by Gasteiger charge is 2.32. The maximum Gasteiger partial charge on any atom is 0.238 e. The standard InChI is InChI=1S/C22H22ClN3O3S/c1-12-19-20(30-13(2)22(27)24-21(19)26-25-12)15-7-8-17(18(10-15)28-3)29-11-14-5-4-6-16(23)9-14/h4-10,13,20H,11H2,1-3H3,(H2,24,25,26,27)/t13-,20-/m0/s1. The van der Waals surface area contributed by atoms with Crippen LogP contribution in [0.25, 0.3) is 0 Å². The summed E-state index contributed by atoms with van der Waals surface area (Å²) < 4.78 is 11.6. The summed E-state index contributed by atoms with van der Waals surface area (Å²) in [6.07, 6.45) is 0. The van der Waals surface area contributed by atoms with Gasteiger partial charge in [-0.05, 0) is 49.2 Å². The Balaban J connectivity index is 1.63. The number of aryl methyl sites for hydroxylation is 1. The second-order valence-electron chi connectivity index (χ2n) is 7.09. The molecule has 0 saturated heterocycles. The molecule has 4 rings (SSSR count). The summed E-state index contributed by atoms with van der Waals surface area (Å²) in [4.78, 5) is 12.3. The number of anilines is 1. The molecule has 0 saturated carbocycles. The number of thioether (sulfide) groups is 1. The number of hydrogen-bond donors (Lipinski definition) is 2. The molecule has 3 aromatic rings. The van der Waals surface area contributed by atoms with Crippen LogP contribution in [0.3, 0.4) is 0 Å². The Kier molecular flexibility index (Phi) is 5.92. The molecule has 0 radical (unpaired) electrons. The Morgan fingerprint density at radius 1 is 1.20 bits per heavy atom. The van der Waals surface area contributed by atoms with Gasteiger partial charge >= 0.3 is 0 Å². The zero-order chi connectivity index (χ0) is 21.3. The van der Waals surface area contributed by atoms with Crippen LogP contribution < -0.4 is 14.8 Å². The molecule has 1 amide bonds. The van der Waals surface area contributed by atoms with E-state index in [4.69, 9.17) is 21.1 Å². The van der Waals surface area contributed by atoms with Crippen LogP contribution in [0.15, 0.2) is 42.5 Å². The predicted octanol–water partition coefficient (Wildman–Crippen LogP) is 5.12. The molecule has 8 heteroatoms. The number of halogens is 1. The van der Waals surface area contributed by atoms with Gasteiger partial charge in [0.15, 0.2) is 17.3 Å². The topological polar surface area (TPSA) is 76.2 Å². The van der Waals surface area contributed by atoms with E-state index in [-0.39, 0.29) is 16.4 Å². The highest BCUT2D eigenvalue weighted by molar-refractivity contribution is 8.01. The van der Waals surface area contributed by atoms with Gasteiger partial charge in [-0.15, -0.1) is 11.8 Å². The fourth-order valence-corrected chi connectivity index (χ4v) is 4.94. The van der Waals surface area contributed by atoms with E-state index < -0.39 is 0 Å². The van der Waals surface area contributed by atoms with Crippen molar-refractivity contribution in [3.63, 3.8) is 0 Å². The van der Waals surface area contributed by atoms with Gasteiger partial charge in [-0.25, -0.2) is 0 Å². The minimum absolute atomic E-state index is 0.0521. The molecule has 0 unspecified atom stereocenters. The highest BCUT2D eigenvalue weighted by atomic mass is 35.5. The highest BCUT2D eigenvalue weighted by Crippen LogP contribution is 2.46. The van der Waals surface area contributed by atoms with Gasteiger partial charge in [-0.1, -0.05) is 29.8 Å². The number of aromatic amines is 1. The molecular weight excluding hydrogens is 422 g/mol. The van der Waals surface area contributed by atoms with E-state index in [9.17, 15) is 4.79 Å². The monoisotopic (exact) mass is 443 g/mol. The van der Waals surface area contributed by atoms with Crippen molar-refractivity contribution < 1.29 is 14.3 Å². The van der Waals surface area contributed by atoms with Crippen LogP contribution in [0.2, 0.25) is 5.02 Å². The van der Waals surface area contributed by atoms with Gasteiger partial charge < -0.3 is 14.8 Å². The molecule has 2 heterocycles. The molecule has 2 aromatic carbocycles. The predicted molar refractivity (Wildman–Crippen MR) is 120 cm³/mol. The molecular formula is C22H22ClN3O3S. The lowest BCUT2D eigenvalue weighted by molar-refractivity contribution is -0.115. The number of carbonyl (C=O) groups excluding carboxylic acids is 1. The van der Waals surface area contributed by atoms with Crippen LogP contribution in [0.1, 0.15) is 34.6 Å². The van der Waals surface area contributed by atoms with E-state index in [1.165, 1.54) is 0 Å². The second-order valence-corrected chi connectivity index (χ2v) is 8.97. The third-order valence-electron chi connectivity index (χ3n) is 4.98. The van der Waals surface area contributed by atoms with E-state index in [0.717, 1.165) is 22.4 Å². The molecule has 156 valence electrons. The zero-order valence-corrected chi connectivity index (χ0v) is 18.4. The largest absolute Gasteiger partial charge is 0.493 e. The number of benzene rings is 2. The normalized spacial score (nSPS) is 18.3. The maximum absolute atomic E-state index is 12.3. The van der Waals surface area contributed by atoms with Gasteiger partial charge in [-0.2, -0.15) is 5.10 Å². The summed E-state index contributed by atoms with van der Waals surface area (Å²) in [7, 11) is 1.62. The van der Waals surface area contributed by atoms with Gasteiger partial charge in [-0.3, -0.25) is 9.89 Å². The van der Waals surface area contributed by atoms with Crippen molar-refractivity contribution in [2.45, 2.75) is 31.0 Å². The average Bonchev–Trinajstić information content (AvgIpc) is 3.03. The Hall–Kier alpha value is -2.64. The number of H-pyrrole nitrogens is 1. The molecule has 1 aliphatic heterocycles. The number of hydrogen-bond acceptors (Lipinski definition) is 5. The lowest BCUT2D eigenvalue weighted by atomic mass is 10.0. The number of carbonyl (C=O) groups is 1. The number of fused-ring (bicyclic) bond motifs is 1. The van der Waals surface area contributed by atoms with E-state index in [1.807, 2.05) is 56.3 Å². The van der Waals surface area contributed by atoms with Crippen molar-refractivity contribution in [1.29, 1.82) is 0 Å². The van der Waals surface area contributed by atoms with E-state index in [1.54, 1.807) is 18.9 Å². The molecule has 1 aromatic heterocycles. The van der Waals surface area contributed by atoms with E-state index in [2.05, 4.69) is 15.5 Å². The van der Waals surface area contributed by atoms with Crippen molar-refractivity contribution in [3.05, 3.63) is 69.9 Å². The molecule has 0 aliphatic carbocycles. The number of nitrogens with zero attached hydrogens (tertiary/aromatic N) is 1. The number of amides is 1. The van der Waals surface area contributed by atoms with E-state index in [0.29, 0.717) is 28.9 Å². The van der Waals surface area contributed by atoms with Crippen LogP contribution >= 0.6 is 23.4 Å². The Bertz CT molecular complexity index is 1090. The maximum atomic E-state index is 12.3. The molecule has 0 fully saturated rings. The number of nitrogens with one attached hydrogen (secondary N) is 2. The quantitative estimate of drug-likeness (QED) is 0.572. The van der Waals surface area contributed by atoms with Crippen molar-refractivity contribution in [1.82, 2.24) is 10.2 Å². The van der Waals surface area contributed by atoms with Gasteiger partial charge in [0.1, 0.15) is 6.61 Å². The number of rotatable bonds is 5. The Morgan fingerprint density at radius 2 is 2.03 bits per heavy atom. The van der Waals surface area contributed by atoms with Crippen LogP contribution in [0.4, 0.5) is 5.82 Å². The lowest BCUT2D eigenvalue weighted by Crippen LogP contribution is -2.21. The zero-order valence-electron chi connectivity index (χ0n) is 16.9. The number of methoxy groups -OCH3 is 1. The summed E-state index contributed by atoms with van der Waals surface area (Å²) >= 11 is 7.64. The van der Waals surface area contributed by atoms with Gasteiger partial charge in [0, 0.05) is 16.3 Å². The fraction of sp³-hybridized carbons (Fsp3) is 0.273. The van der Waals surface area contributed by atoms with E-state index >= 15 is 0 Å². The molecule has 30 heavy (non-hydrogen) atoms. The fourth-order valence-electron chi connectivity index (χ4n) is 3.41. The van der Waals surface area contributed by atoms with Crippen molar-refractivity contribution in [3.8, 4) is 11.5 Å². The summed E-state index contributed by atoms with van der Waals surface area (Å²) in [6, 6.07) is 13.4. The van der Waals surface area contributed by atoms with Gasteiger partial charge in [0.25, 0.3) is 0 Å². The first-order valence-electron chi connectivity index (χ1n) is 9.52. The second kappa shape index (κ2) is 8.62. The van der Waals surface area contributed by atoms with Crippen LogP contribution in [0.5, 0.6) is 11.5 Å². The molecule has 0 bridgehead atoms. The van der Waals surface area contributed by atoms with Crippen LogP contribution in [0, 0.1) is 6.92 Å². The number of ether oxygens (including phenoxy) is 2. The smallest absolute Gasteiger partial charge is 0.238 e. The SMILES string of the molecule is COc1cc([C@@H]2S[C@@H](C)C(=O)Nc3n[nH]c(C)c32)ccc1OCc1cccc(Cl)c1. The van der Waals surface area contributed by atoms with Gasteiger partial charge in [0.05, 0.1) is 17.6 Å². The van der Waals surface area contributed by atoms with Crippen LogP contribution in [-0.2, 0) is 11.4 Å². The lowest BCUT2D eigenvalue weighted by Gasteiger charge is -2.19. The third kappa shape index (κ3) is 4.13. The first-order chi connectivity index (χ1) is 14.5. The average molecular weight is 444 g/mol. The molecule has 6 nitrogen and oxygen atoms in total. The Labute approximate surface area is 184 Å². The molecule has 2 N–H and O–H groups in total.